The summed E-state index contributed by atoms with van der Waals surface area (Å²) < 4.78 is 98.0. The third-order valence-electron chi connectivity index (χ3n) is 5.71. The van der Waals surface area contributed by atoms with E-state index in [9.17, 15) is 30.7 Å². The first kappa shape index (κ1) is 24.6. The maximum atomic E-state index is 13.5. The summed E-state index contributed by atoms with van der Waals surface area (Å²) in [6.07, 6.45) is -6.09. The van der Waals surface area contributed by atoms with Gasteiger partial charge in [-0.15, -0.1) is 0 Å². The Morgan fingerprint density at radius 3 is 2.46 bits per heavy atom. The Bertz CT molecular complexity index is 1480. The first-order valence-corrected chi connectivity index (χ1v) is 10.9. The van der Waals surface area contributed by atoms with Gasteiger partial charge in [0.2, 0.25) is 0 Å². The highest BCUT2D eigenvalue weighted by Crippen LogP contribution is 2.40. The summed E-state index contributed by atoms with van der Waals surface area (Å²) in [6, 6.07) is 8.10. The van der Waals surface area contributed by atoms with Crippen molar-refractivity contribution in [1.82, 2.24) is 5.16 Å². The van der Waals surface area contributed by atoms with Crippen molar-refractivity contribution in [2.75, 3.05) is 0 Å². The van der Waals surface area contributed by atoms with Gasteiger partial charge in [-0.1, -0.05) is 29.4 Å². The molecule has 0 fully saturated rings. The average molecular weight is 520 g/mol. The van der Waals surface area contributed by atoms with Crippen molar-refractivity contribution >= 4 is 17.8 Å². The molecular formula is C25H15F7N4O. The lowest BCUT2D eigenvalue weighted by molar-refractivity contribution is -0.142. The molecule has 2 aromatic carbocycles. The first-order valence-electron chi connectivity index (χ1n) is 10.9. The van der Waals surface area contributed by atoms with Crippen molar-refractivity contribution in [1.29, 1.82) is 0 Å². The van der Waals surface area contributed by atoms with Crippen LogP contribution in [0.2, 0.25) is 0 Å². The van der Waals surface area contributed by atoms with E-state index >= 15 is 0 Å². The van der Waals surface area contributed by atoms with Gasteiger partial charge in [-0.25, -0.2) is 14.4 Å². The lowest BCUT2D eigenvalue weighted by atomic mass is 10.00. The Balaban J connectivity index is 1.34. The second-order valence-electron chi connectivity index (χ2n) is 8.34. The fourth-order valence-electron chi connectivity index (χ4n) is 3.94. The van der Waals surface area contributed by atoms with Crippen LogP contribution in [-0.2, 0) is 18.8 Å². The molecule has 0 radical (unpaired) electrons. The zero-order chi connectivity index (χ0) is 26.4. The van der Waals surface area contributed by atoms with Crippen LogP contribution in [0.5, 0.6) is 0 Å². The van der Waals surface area contributed by atoms with Gasteiger partial charge in [0, 0.05) is 29.8 Å². The second kappa shape index (κ2) is 9.09. The maximum Gasteiger partial charge on any atom is 0.417 e. The number of alkyl halides is 6. The molecule has 2 aliphatic rings. The van der Waals surface area contributed by atoms with Crippen molar-refractivity contribution in [2.24, 2.45) is 15.0 Å². The average Bonchev–Trinajstić information content (AvgIpc) is 3.42. The maximum absolute atomic E-state index is 13.5. The smallest absolute Gasteiger partial charge is 0.361 e. The van der Waals surface area contributed by atoms with E-state index in [0.717, 1.165) is 6.07 Å². The molecule has 12 heteroatoms. The van der Waals surface area contributed by atoms with Crippen molar-refractivity contribution in [3.63, 3.8) is 0 Å². The third-order valence-corrected chi connectivity index (χ3v) is 5.71. The molecule has 190 valence electrons. The molecule has 1 aromatic heterocycles. The highest BCUT2D eigenvalue weighted by molar-refractivity contribution is 6.43. The minimum atomic E-state index is -5.03. The zero-order valence-electron chi connectivity index (χ0n) is 18.6. The van der Waals surface area contributed by atoms with Gasteiger partial charge in [-0.05, 0) is 30.7 Å². The molecule has 0 spiro atoms. The van der Waals surface area contributed by atoms with Gasteiger partial charge in [0.15, 0.2) is 5.84 Å². The monoisotopic (exact) mass is 520 g/mol. The molecule has 5 nitrogen and oxygen atoms in total. The van der Waals surface area contributed by atoms with Crippen LogP contribution in [-0.4, -0.2) is 29.0 Å². The van der Waals surface area contributed by atoms with Gasteiger partial charge >= 0.3 is 12.4 Å². The normalized spacial score (nSPS) is 17.7. The van der Waals surface area contributed by atoms with Gasteiger partial charge in [-0.2, -0.15) is 26.3 Å². The minimum Gasteiger partial charge on any atom is -0.361 e. The summed E-state index contributed by atoms with van der Waals surface area (Å²) in [6.45, 7) is 0. The molecule has 2 aliphatic heterocycles. The Morgan fingerprint density at radius 1 is 0.919 bits per heavy atom. The van der Waals surface area contributed by atoms with Crippen molar-refractivity contribution < 1.29 is 35.3 Å². The van der Waals surface area contributed by atoms with E-state index in [1.165, 1.54) is 24.4 Å². The van der Waals surface area contributed by atoms with Crippen molar-refractivity contribution in [2.45, 2.75) is 31.2 Å². The van der Waals surface area contributed by atoms with E-state index in [1.807, 2.05) is 0 Å². The van der Waals surface area contributed by atoms with Crippen LogP contribution in [0.3, 0.4) is 0 Å². The largest absolute Gasteiger partial charge is 0.417 e. The number of halogens is 7. The lowest BCUT2D eigenvalue weighted by Gasteiger charge is -2.14. The summed E-state index contributed by atoms with van der Waals surface area (Å²) in [5.41, 5.74) is -2.07. The fourth-order valence-corrected chi connectivity index (χ4v) is 3.94. The topological polar surface area (TPSA) is 63.1 Å². The molecule has 3 heterocycles. The molecule has 1 atom stereocenters. The van der Waals surface area contributed by atoms with Gasteiger partial charge in [-0.3, -0.25) is 4.99 Å². The number of fused-ring (bicyclic) bond motifs is 1. The van der Waals surface area contributed by atoms with Crippen LogP contribution in [0.25, 0.3) is 11.3 Å². The standard InChI is InChI=1S/C25H15F7N4O/c26-15-3-1-2-13(8-15)23-34-20-7-5-16(33-12-22(20)35-23)10-17-11-21(36-37-17)18-6-4-14(24(27,28)29)9-19(18)25(30,31)32/h1-4,6-9,11-12,16H,5,10H2. The number of allylic oxidation sites excluding steroid dienone is 1. The van der Waals surface area contributed by atoms with E-state index in [0.29, 0.717) is 35.3 Å². The molecule has 3 aromatic rings. The van der Waals surface area contributed by atoms with Crippen LogP contribution >= 0.6 is 0 Å². The van der Waals surface area contributed by atoms with Gasteiger partial charge in [0.1, 0.15) is 23.0 Å². The number of rotatable bonds is 4. The lowest BCUT2D eigenvalue weighted by Crippen LogP contribution is -2.12. The predicted molar refractivity (Wildman–Crippen MR) is 121 cm³/mol. The molecule has 0 N–H and O–H groups in total. The SMILES string of the molecule is Fc1cccc(C2=NC3=CCC(Cc4cc(-c5ccc(C(F)(F)F)cc5C(F)(F)F)no4)N=CC3=N2)c1. The highest BCUT2D eigenvalue weighted by Gasteiger charge is 2.39. The van der Waals surface area contributed by atoms with E-state index in [2.05, 4.69) is 20.1 Å². The Labute approximate surface area is 204 Å². The van der Waals surface area contributed by atoms with E-state index in [1.54, 1.807) is 18.2 Å². The van der Waals surface area contributed by atoms with E-state index in [-0.39, 0.29) is 30.0 Å². The van der Waals surface area contributed by atoms with E-state index < -0.39 is 34.9 Å². The number of nitrogens with zero attached hydrogens (tertiary/aromatic N) is 4. The number of aromatic nitrogens is 1. The molecular weight excluding hydrogens is 505 g/mol. The first-order chi connectivity index (χ1) is 17.5. The number of hydrogen-bond donors (Lipinski definition) is 0. The summed E-state index contributed by atoms with van der Waals surface area (Å²) in [7, 11) is 0. The molecule has 1 unspecified atom stereocenters. The Kier molecular flexibility index (Phi) is 6.04. The number of benzene rings is 2. The van der Waals surface area contributed by atoms with Gasteiger partial charge in [0.25, 0.3) is 0 Å². The Hall–Kier alpha value is -4.09. The van der Waals surface area contributed by atoms with Crippen LogP contribution < -0.4 is 0 Å². The molecule has 0 aliphatic carbocycles. The number of amidine groups is 1. The van der Waals surface area contributed by atoms with Gasteiger partial charge < -0.3 is 4.52 Å². The van der Waals surface area contributed by atoms with Crippen LogP contribution in [0.15, 0.2) is 79.8 Å². The number of hydrogen-bond acceptors (Lipinski definition) is 5. The predicted octanol–water partition coefficient (Wildman–Crippen LogP) is 6.69. The summed E-state index contributed by atoms with van der Waals surface area (Å²) >= 11 is 0. The Morgan fingerprint density at radius 2 is 1.73 bits per heavy atom. The van der Waals surface area contributed by atoms with Crippen LogP contribution in [0.1, 0.15) is 28.9 Å². The molecule has 0 saturated heterocycles. The zero-order valence-corrected chi connectivity index (χ0v) is 18.6. The minimum absolute atomic E-state index is 0.0591. The van der Waals surface area contributed by atoms with Crippen LogP contribution in [0.4, 0.5) is 30.7 Å². The van der Waals surface area contributed by atoms with Gasteiger partial charge in [0.05, 0.1) is 22.9 Å². The highest BCUT2D eigenvalue weighted by atomic mass is 19.4. The summed E-state index contributed by atoms with van der Waals surface area (Å²) in [4.78, 5) is 13.2. The molecule has 0 bridgehead atoms. The molecule has 0 saturated carbocycles. The van der Waals surface area contributed by atoms with Crippen molar-refractivity contribution in [3.05, 3.63) is 88.6 Å². The van der Waals surface area contributed by atoms with E-state index in [4.69, 9.17) is 4.52 Å². The molecule has 0 amide bonds. The van der Waals surface area contributed by atoms with Crippen LogP contribution in [0, 0.1) is 5.82 Å². The molecule has 5 rings (SSSR count). The summed E-state index contributed by atoms with van der Waals surface area (Å²) in [5.74, 6) is 0.143. The summed E-state index contributed by atoms with van der Waals surface area (Å²) in [5, 5.41) is 3.65. The second-order valence-corrected chi connectivity index (χ2v) is 8.34. The van der Waals surface area contributed by atoms with Crippen molar-refractivity contribution in [3.8, 4) is 11.3 Å². The fraction of sp³-hybridized carbons (Fsp3) is 0.200. The third kappa shape index (κ3) is 5.23. The quantitative estimate of drug-likeness (QED) is 0.360. The molecule has 37 heavy (non-hydrogen) atoms. The number of aliphatic imine (C=N–C) groups is 3.